The molecule has 1 atom stereocenters. The van der Waals surface area contributed by atoms with E-state index in [0.29, 0.717) is 11.0 Å². The molecule has 3 aromatic carbocycles. The standard InChI is InChI=1S/C24H21FN4OS2/c1-16(23(30)26-20-10-6-7-11-21(20)31-2)32-24-28-27-22(17-8-4-3-5-9-17)29(24)19-14-12-18(25)13-15-19/h3-16H,1-2H3,(H,26,30). The Morgan fingerprint density at radius 3 is 2.38 bits per heavy atom. The van der Waals surface area contributed by atoms with Gasteiger partial charge in [-0.1, -0.05) is 54.2 Å². The third kappa shape index (κ3) is 4.87. The number of rotatable bonds is 7. The monoisotopic (exact) mass is 464 g/mol. The molecule has 4 rings (SSSR count). The van der Waals surface area contributed by atoms with E-state index in [2.05, 4.69) is 15.5 Å². The van der Waals surface area contributed by atoms with Gasteiger partial charge in [0.1, 0.15) is 5.82 Å². The molecule has 0 aliphatic heterocycles. The molecule has 1 N–H and O–H groups in total. The van der Waals surface area contributed by atoms with E-state index in [1.165, 1.54) is 23.9 Å². The van der Waals surface area contributed by atoms with E-state index < -0.39 is 5.25 Å². The van der Waals surface area contributed by atoms with Crippen molar-refractivity contribution in [1.82, 2.24) is 14.8 Å². The number of nitrogens with one attached hydrogen (secondary N) is 1. The molecule has 0 aliphatic rings. The summed E-state index contributed by atoms with van der Waals surface area (Å²) in [4.78, 5) is 13.9. The van der Waals surface area contributed by atoms with Crippen LogP contribution in [0.25, 0.3) is 17.1 Å². The van der Waals surface area contributed by atoms with Crippen LogP contribution in [0.2, 0.25) is 0 Å². The first-order valence-electron chi connectivity index (χ1n) is 9.94. The van der Waals surface area contributed by atoms with Crippen molar-refractivity contribution in [2.45, 2.75) is 22.2 Å². The molecule has 1 unspecified atom stereocenters. The van der Waals surface area contributed by atoms with E-state index in [4.69, 9.17) is 0 Å². The van der Waals surface area contributed by atoms with Crippen LogP contribution in [-0.4, -0.2) is 32.2 Å². The van der Waals surface area contributed by atoms with Gasteiger partial charge in [0.15, 0.2) is 11.0 Å². The minimum atomic E-state index is -0.433. The Hall–Kier alpha value is -3.10. The topological polar surface area (TPSA) is 59.8 Å². The molecule has 0 radical (unpaired) electrons. The second kappa shape index (κ2) is 10.0. The predicted molar refractivity (Wildman–Crippen MR) is 129 cm³/mol. The van der Waals surface area contributed by atoms with Gasteiger partial charge in [0.2, 0.25) is 5.91 Å². The number of benzene rings is 3. The Labute approximate surface area is 194 Å². The van der Waals surface area contributed by atoms with Crippen molar-refractivity contribution in [3.8, 4) is 17.1 Å². The number of thioether (sulfide) groups is 2. The van der Waals surface area contributed by atoms with Gasteiger partial charge in [-0.25, -0.2) is 4.39 Å². The Kier molecular flexibility index (Phi) is 6.92. The molecule has 32 heavy (non-hydrogen) atoms. The fourth-order valence-corrected chi connectivity index (χ4v) is 4.56. The Balaban J connectivity index is 1.64. The molecule has 0 bridgehead atoms. The van der Waals surface area contributed by atoms with Gasteiger partial charge in [-0.3, -0.25) is 9.36 Å². The van der Waals surface area contributed by atoms with Gasteiger partial charge in [0.25, 0.3) is 0 Å². The molecule has 0 fully saturated rings. The van der Waals surface area contributed by atoms with Crippen molar-refractivity contribution in [3.05, 3.63) is 84.7 Å². The van der Waals surface area contributed by atoms with Crippen LogP contribution in [0.4, 0.5) is 10.1 Å². The van der Waals surface area contributed by atoms with Crippen LogP contribution in [0.15, 0.2) is 88.9 Å². The fraction of sp³-hybridized carbons (Fsp3) is 0.125. The number of carbonyl (C=O) groups is 1. The number of para-hydroxylation sites is 1. The van der Waals surface area contributed by atoms with Crippen molar-refractivity contribution in [2.24, 2.45) is 0 Å². The van der Waals surface area contributed by atoms with Gasteiger partial charge in [-0.15, -0.1) is 22.0 Å². The first-order valence-corrected chi connectivity index (χ1v) is 12.0. The van der Waals surface area contributed by atoms with Crippen molar-refractivity contribution in [3.63, 3.8) is 0 Å². The van der Waals surface area contributed by atoms with Crippen LogP contribution in [0.5, 0.6) is 0 Å². The minimum absolute atomic E-state index is 0.133. The number of nitrogens with zero attached hydrogens (tertiary/aromatic N) is 3. The summed E-state index contributed by atoms with van der Waals surface area (Å²) in [6, 6.07) is 23.5. The molecule has 5 nitrogen and oxygen atoms in total. The maximum absolute atomic E-state index is 13.5. The average molecular weight is 465 g/mol. The highest BCUT2D eigenvalue weighted by molar-refractivity contribution is 8.00. The SMILES string of the molecule is CSc1ccccc1NC(=O)C(C)Sc1nnc(-c2ccccc2)n1-c1ccc(F)cc1. The summed E-state index contributed by atoms with van der Waals surface area (Å²) in [6.45, 7) is 1.83. The lowest BCUT2D eigenvalue weighted by atomic mass is 10.2. The Bertz CT molecular complexity index is 1210. The quantitative estimate of drug-likeness (QED) is 0.344. The van der Waals surface area contributed by atoms with E-state index in [1.54, 1.807) is 23.9 Å². The molecular weight excluding hydrogens is 443 g/mol. The van der Waals surface area contributed by atoms with Gasteiger partial charge in [-0.05, 0) is 49.6 Å². The van der Waals surface area contributed by atoms with Crippen LogP contribution in [-0.2, 0) is 4.79 Å². The van der Waals surface area contributed by atoms with Gasteiger partial charge in [-0.2, -0.15) is 0 Å². The molecule has 0 aliphatic carbocycles. The Morgan fingerprint density at radius 1 is 0.969 bits per heavy atom. The first-order chi connectivity index (χ1) is 15.6. The largest absolute Gasteiger partial charge is 0.324 e. The van der Waals surface area contributed by atoms with Gasteiger partial charge in [0.05, 0.1) is 10.9 Å². The highest BCUT2D eigenvalue weighted by atomic mass is 32.2. The predicted octanol–water partition coefficient (Wildman–Crippen LogP) is 5.91. The highest BCUT2D eigenvalue weighted by Crippen LogP contribution is 2.31. The average Bonchev–Trinajstić information content (AvgIpc) is 3.24. The summed E-state index contributed by atoms with van der Waals surface area (Å²) >= 11 is 2.88. The second-order valence-corrected chi connectivity index (χ2v) is 9.09. The van der Waals surface area contributed by atoms with Crippen molar-refractivity contribution < 1.29 is 9.18 Å². The molecule has 4 aromatic rings. The number of carbonyl (C=O) groups excluding carboxylic acids is 1. The summed E-state index contributed by atoms with van der Waals surface area (Å²) in [5, 5.41) is 11.8. The minimum Gasteiger partial charge on any atom is -0.324 e. The smallest absolute Gasteiger partial charge is 0.237 e. The van der Waals surface area contributed by atoms with Crippen molar-refractivity contribution >= 4 is 35.1 Å². The van der Waals surface area contributed by atoms with E-state index in [0.717, 1.165) is 21.8 Å². The zero-order valence-electron chi connectivity index (χ0n) is 17.5. The number of hydrogen-bond acceptors (Lipinski definition) is 5. The lowest BCUT2D eigenvalue weighted by Crippen LogP contribution is -2.23. The number of hydrogen-bond donors (Lipinski definition) is 1. The summed E-state index contributed by atoms with van der Waals surface area (Å²) in [5.74, 6) is 0.170. The van der Waals surface area contributed by atoms with Crippen molar-refractivity contribution in [2.75, 3.05) is 11.6 Å². The molecule has 1 amide bonds. The second-order valence-electron chi connectivity index (χ2n) is 6.93. The van der Waals surface area contributed by atoms with Crippen LogP contribution in [0.3, 0.4) is 0 Å². The van der Waals surface area contributed by atoms with Gasteiger partial charge < -0.3 is 5.32 Å². The van der Waals surface area contributed by atoms with Crippen LogP contribution in [0, 0.1) is 5.82 Å². The van der Waals surface area contributed by atoms with Crippen LogP contribution < -0.4 is 5.32 Å². The molecule has 1 heterocycles. The number of halogens is 1. The van der Waals surface area contributed by atoms with E-state index >= 15 is 0 Å². The van der Waals surface area contributed by atoms with Crippen LogP contribution >= 0.6 is 23.5 Å². The molecule has 8 heteroatoms. The molecular formula is C24H21FN4OS2. The molecule has 0 spiro atoms. The number of amides is 1. The highest BCUT2D eigenvalue weighted by Gasteiger charge is 2.22. The molecule has 0 saturated heterocycles. The zero-order valence-corrected chi connectivity index (χ0v) is 19.2. The summed E-state index contributed by atoms with van der Waals surface area (Å²) in [7, 11) is 0. The summed E-state index contributed by atoms with van der Waals surface area (Å²) in [6.07, 6.45) is 1.97. The summed E-state index contributed by atoms with van der Waals surface area (Å²) < 4.78 is 15.4. The lowest BCUT2D eigenvalue weighted by molar-refractivity contribution is -0.115. The molecule has 0 saturated carbocycles. The third-order valence-corrected chi connectivity index (χ3v) is 6.60. The number of aromatic nitrogens is 3. The third-order valence-electron chi connectivity index (χ3n) is 4.77. The maximum Gasteiger partial charge on any atom is 0.237 e. The van der Waals surface area contributed by atoms with Gasteiger partial charge >= 0.3 is 0 Å². The van der Waals surface area contributed by atoms with Gasteiger partial charge in [0, 0.05) is 16.1 Å². The van der Waals surface area contributed by atoms with E-state index in [-0.39, 0.29) is 11.7 Å². The van der Waals surface area contributed by atoms with Crippen LogP contribution in [0.1, 0.15) is 6.92 Å². The normalized spacial score (nSPS) is 11.8. The lowest BCUT2D eigenvalue weighted by Gasteiger charge is -2.15. The van der Waals surface area contributed by atoms with E-state index in [9.17, 15) is 9.18 Å². The zero-order chi connectivity index (χ0) is 22.5. The summed E-state index contributed by atoms with van der Waals surface area (Å²) in [5.41, 5.74) is 2.38. The number of anilines is 1. The molecule has 162 valence electrons. The fourth-order valence-electron chi connectivity index (χ4n) is 3.14. The molecule has 1 aromatic heterocycles. The van der Waals surface area contributed by atoms with Crippen molar-refractivity contribution in [1.29, 1.82) is 0 Å². The Morgan fingerprint density at radius 2 is 1.66 bits per heavy atom. The first kappa shape index (κ1) is 22.1. The van der Waals surface area contributed by atoms with E-state index in [1.807, 2.05) is 72.3 Å². The maximum atomic E-state index is 13.5.